The van der Waals surface area contributed by atoms with Crippen LogP contribution in [0.3, 0.4) is 0 Å². The Labute approximate surface area is 166 Å². The molecule has 0 radical (unpaired) electrons. The lowest BCUT2D eigenvalue weighted by Gasteiger charge is -2.23. The van der Waals surface area contributed by atoms with Crippen LogP contribution in [0.25, 0.3) is 22.0 Å². The maximum absolute atomic E-state index is 8.04. The third-order valence-electron chi connectivity index (χ3n) is 5.09. The first-order valence-corrected chi connectivity index (χ1v) is 9.55. The lowest BCUT2D eigenvalue weighted by Crippen LogP contribution is -2.13. The van der Waals surface area contributed by atoms with Crippen LogP contribution in [0, 0.1) is 5.41 Å². The van der Waals surface area contributed by atoms with E-state index >= 15 is 0 Å². The highest BCUT2D eigenvalue weighted by Crippen LogP contribution is 2.35. The van der Waals surface area contributed by atoms with Crippen molar-refractivity contribution in [2.45, 2.75) is 58.9 Å². The maximum Gasteiger partial charge on any atom is 0.0561 e. The smallest absolute Gasteiger partial charge is 0.0561 e. The fraction of sp³-hybridized carbons (Fsp3) is 0.409. The van der Waals surface area contributed by atoms with Gasteiger partial charge >= 0.3 is 0 Å². The third-order valence-corrected chi connectivity index (χ3v) is 5.09. The van der Waals surface area contributed by atoms with Crippen LogP contribution < -0.4 is 11.1 Å². The molecule has 1 aliphatic carbocycles. The molecule has 3 N–H and O–H groups in total. The second-order valence-corrected chi connectivity index (χ2v) is 6.89. The number of benzene rings is 2. The first kappa shape index (κ1) is 20.5. The van der Waals surface area contributed by atoms with Crippen molar-refractivity contribution >= 4 is 33.4 Å². The molecule has 0 bridgehead atoms. The van der Waals surface area contributed by atoms with E-state index in [1.54, 1.807) is 0 Å². The Balaban J connectivity index is 0.00000243. The summed E-state index contributed by atoms with van der Waals surface area (Å²) in [6, 6.07) is 12.2. The Bertz CT molecular complexity index is 898. The van der Waals surface area contributed by atoms with Crippen LogP contribution in [0.5, 0.6) is 0 Å². The summed E-state index contributed by atoms with van der Waals surface area (Å²) < 4.78 is 2.38. The van der Waals surface area contributed by atoms with Gasteiger partial charge in [0.05, 0.1) is 11.1 Å². The van der Waals surface area contributed by atoms with Crippen molar-refractivity contribution in [1.29, 1.82) is 5.41 Å². The first-order valence-electron chi connectivity index (χ1n) is 9.55. The van der Waals surface area contributed by atoms with Crippen LogP contribution in [0.1, 0.15) is 51.6 Å². The van der Waals surface area contributed by atoms with Crippen molar-refractivity contribution in [2.24, 2.45) is 0 Å². The van der Waals surface area contributed by atoms with E-state index in [2.05, 4.69) is 36.6 Å². The third kappa shape index (κ3) is 4.12. The Morgan fingerprint density at radius 2 is 1.69 bits per heavy atom. The number of hydrogen-bond acceptors (Lipinski definition) is 2. The van der Waals surface area contributed by atoms with Crippen LogP contribution in [-0.2, 0) is 13.0 Å². The van der Waals surface area contributed by atoms with E-state index in [4.69, 9.17) is 11.1 Å². The number of fused-ring (bicyclic) bond motifs is 3. The summed E-state index contributed by atoms with van der Waals surface area (Å²) >= 11 is 0. The molecule has 3 nitrogen and oxygen atoms in total. The molecule has 0 spiro atoms. The van der Waals surface area contributed by atoms with Crippen LogP contribution in [0.4, 0.5) is 5.69 Å². The number of nitrogen functional groups attached to an aromatic ring is 1. The number of aromatic nitrogens is 1. The summed E-state index contributed by atoms with van der Waals surface area (Å²) in [4.78, 5) is 0. The van der Waals surface area contributed by atoms with Crippen molar-refractivity contribution < 1.29 is 0 Å². The van der Waals surface area contributed by atoms with Gasteiger partial charge in [-0.2, -0.15) is 0 Å². The van der Waals surface area contributed by atoms with Gasteiger partial charge in [-0.15, -0.1) is 17.0 Å². The van der Waals surface area contributed by atoms with Gasteiger partial charge in [-0.25, -0.2) is 0 Å². The molecule has 0 aromatic heterocycles. The summed E-state index contributed by atoms with van der Waals surface area (Å²) in [6.07, 6.45) is 7.45. The summed E-state index contributed by atoms with van der Waals surface area (Å²) in [5.74, 6) is 0. The molecule has 3 rings (SSSR count). The van der Waals surface area contributed by atoms with Crippen molar-refractivity contribution in [1.82, 2.24) is 4.57 Å². The summed E-state index contributed by atoms with van der Waals surface area (Å²) in [5, 5.41) is 11.1. The second-order valence-electron chi connectivity index (χ2n) is 6.89. The molecule has 0 unspecified atom stereocenters. The molecule has 2 aliphatic rings. The Morgan fingerprint density at radius 1 is 0.923 bits per heavy atom. The largest absolute Gasteiger partial charge is 0.399 e. The predicted octanol–water partition coefficient (Wildman–Crippen LogP) is 5.92. The van der Waals surface area contributed by atoms with E-state index in [0.717, 1.165) is 24.3 Å². The Kier molecular flexibility index (Phi) is 7.27. The quantitative estimate of drug-likeness (QED) is 0.280. The first-order chi connectivity index (χ1) is 12.2. The predicted molar refractivity (Wildman–Crippen MR) is 117 cm³/mol. The molecule has 1 aromatic rings. The van der Waals surface area contributed by atoms with Gasteiger partial charge in [0.2, 0.25) is 0 Å². The standard InChI is InChI=1S/C22H29N3.BrH/c1-3-5-6-7-8-9-21-20-14-16(23)10-12-18(20)19-13-11-17(24)15-22(19)25(21)4-2;/h10-15,24H,3-9,23H2,1-2H3;1H. The van der Waals surface area contributed by atoms with Crippen molar-refractivity contribution in [3.63, 3.8) is 0 Å². The minimum absolute atomic E-state index is 0. The number of nitrogens with zero attached hydrogens (tertiary/aromatic N) is 1. The van der Waals surface area contributed by atoms with Crippen molar-refractivity contribution in [3.8, 4) is 11.3 Å². The Hall–Kier alpha value is -1.81. The zero-order chi connectivity index (χ0) is 17.8. The summed E-state index contributed by atoms with van der Waals surface area (Å²) in [6.45, 7) is 5.35. The van der Waals surface area contributed by atoms with Gasteiger partial charge < -0.3 is 15.7 Å². The molecule has 0 atom stereocenters. The summed E-state index contributed by atoms with van der Waals surface area (Å²) in [5.41, 5.74) is 10.7. The number of nitrogens with one attached hydrogen (secondary N) is 1. The van der Waals surface area contributed by atoms with Crippen molar-refractivity contribution in [3.05, 3.63) is 47.4 Å². The fourth-order valence-corrected chi connectivity index (χ4v) is 3.84. The van der Waals surface area contributed by atoms with Crippen molar-refractivity contribution in [2.75, 3.05) is 5.73 Å². The number of anilines is 1. The number of hydrogen-bond donors (Lipinski definition) is 2. The SMILES string of the molecule is Br.CCCCCCCc1c2cc(N)ccc2c2ccc(=N)cc-2n1CC. The van der Waals surface area contributed by atoms with Crippen LogP contribution in [0.15, 0.2) is 36.4 Å². The molecule has 1 aromatic carbocycles. The average Bonchev–Trinajstić information content (AvgIpc) is 2.61. The fourth-order valence-electron chi connectivity index (χ4n) is 3.84. The van der Waals surface area contributed by atoms with Crippen LogP contribution >= 0.6 is 17.0 Å². The molecule has 0 amide bonds. The van der Waals surface area contributed by atoms with Gasteiger partial charge in [-0.1, -0.05) is 44.7 Å². The van der Waals surface area contributed by atoms with Gasteiger partial charge in [0, 0.05) is 28.9 Å². The van der Waals surface area contributed by atoms with E-state index < -0.39 is 0 Å². The van der Waals surface area contributed by atoms with Gasteiger partial charge in [-0.3, -0.25) is 0 Å². The highest BCUT2D eigenvalue weighted by Gasteiger charge is 2.16. The van der Waals surface area contributed by atoms with Crippen LogP contribution in [0.2, 0.25) is 0 Å². The lowest BCUT2D eigenvalue weighted by atomic mass is 9.95. The number of rotatable bonds is 7. The molecule has 0 fully saturated rings. The topological polar surface area (TPSA) is 54.8 Å². The summed E-state index contributed by atoms with van der Waals surface area (Å²) in [7, 11) is 0. The second kappa shape index (κ2) is 9.22. The molecule has 4 heteroatoms. The van der Waals surface area contributed by atoms with Gasteiger partial charge in [0.25, 0.3) is 0 Å². The molecule has 1 heterocycles. The zero-order valence-electron chi connectivity index (χ0n) is 15.8. The van der Waals surface area contributed by atoms with E-state index in [1.807, 2.05) is 18.2 Å². The number of aryl methyl sites for hydroxylation is 1. The Morgan fingerprint density at radius 3 is 2.42 bits per heavy atom. The molecule has 0 saturated heterocycles. The van der Waals surface area contributed by atoms with E-state index in [-0.39, 0.29) is 17.0 Å². The maximum atomic E-state index is 8.04. The van der Waals surface area contributed by atoms with E-state index in [0.29, 0.717) is 5.36 Å². The number of unbranched alkanes of at least 4 members (excludes halogenated alkanes) is 4. The average molecular weight is 416 g/mol. The molecular formula is C22H30BrN3. The zero-order valence-corrected chi connectivity index (χ0v) is 17.6. The minimum atomic E-state index is 0. The molecule has 1 aliphatic heterocycles. The van der Waals surface area contributed by atoms with Gasteiger partial charge in [-0.05, 0) is 49.4 Å². The molecule has 26 heavy (non-hydrogen) atoms. The van der Waals surface area contributed by atoms with Crippen LogP contribution in [-0.4, -0.2) is 4.57 Å². The monoisotopic (exact) mass is 415 g/mol. The number of halogens is 1. The molecule has 140 valence electrons. The van der Waals surface area contributed by atoms with E-state index in [1.165, 1.54) is 54.1 Å². The highest BCUT2D eigenvalue weighted by molar-refractivity contribution is 8.93. The lowest BCUT2D eigenvalue weighted by molar-refractivity contribution is 0.612. The van der Waals surface area contributed by atoms with E-state index in [9.17, 15) is 0 Å². The number of pyridine rings is 1. The molecule has 0 saturated carbocycles. The normalized spacial score (nSPS) is 11.0. The molecular weight excluding hydrogens is 386 g/mol. The van der Waals surface area contributed by atoms with Gasteiger partial charge in [0.15, 0.2) is 0 Å². The number of nitrogens with two attached hydrogens (primary N) is 1. The highest BCUT2D eigenvalue weighted by atomic mass is 79.9. The van der Waals surface area contributed by atoms with Gasteiger partial charge in [0.1, 0.15) is 0 Å². The minimum Gasteiger partial charge on any atom is -0.399 e.